The predicted molar refractivity (Wildman–Crippen MR) is 61.6 cm³/mol. The minimum atomic E-state index is 0.737. The van der Waals surface area contributed by atoms with Crippen molar-refractivity contribution in [3.05, 3.63) is 0 Å². The molecule has 0 aromatic rings. The van der Waals surface area contributed by atoms with Crippen LogP contribution in [0.25, 0.3) is 0 Å². The molecule has 0 aliphatic heterocycles. The highest BCUT2D eigenvalue weighted by molar-refractivity contribution is 6.17. The first kappa shape index (κ1) is 13.2. The number of hydrogen-bond acceptors (Lipinski definition) is 1. The van der Waals surface area contributed by atoms with E-state index in [0.717, 1.165) is 11.9 Å². The van der Waals surface area contributed by atoms with E-state index in [1.54, 1.807) is 0 Å². The summed E-state index contributed by atoms with van der Waals surface area (Å²) >= 11 is 5.63. The summed E-state index contributed by atoms with van der Waals surface area (Å²) in [6.45, 7) is 9.23. The quantitative estimate of drug-likeness (QED) is 0.433. The van der Waals surface area contributed by atoms with Gasteiger partial charge in [-0.05, 0) is 39.3 Å². The third kappa shape index (κ3) is 6.34. The van der Waals surface area contributed by atoms with Gasteiger partial charge in [-0.25, -0.2) is 0 Å². The van der Waals surface area contributed by atoms with Crippen molar-refractivity contribution in [2.75, 3.05) is 19.0 Å². The summed E-state index contributed by atoms with van der Waals surface area (Å²) in [5.74, 6) is 0.815. The molecule has 80 valence electrons. The molecule has 0 rings (SSSR count). The summed E-state index contributed by atoms with van der Waals surface area (Å²) in [5, 5.41) is 0. The van der Waals surface area contributed by atoms with Crippen molar-refractivity contribution in [2.45, 2.75) is 52.5 Å². The van der Waals surface area contributed by atoms with Gasteiger partial charge in [0.05, 0.1) is 0 Å². The first-order valence-electron chi connectivity index (χ1n) is 5.56. The van der Waals surface area contributed by atoms with Gasteiger partial charge in [0.25, 0.3) is 0 Å². The second-order valence-corrected chi connectivity index (χ2v) is 4.01. The highest BCUT2D eigenvalue weighted by Gasteiger charge is 2.08. The molecule has 0 saturated carbocycles. The average molecular weight is 206 g/mol. The summed E-state index contributed by atoms with van der Waals surface area (Å²) in [7, 11) is 0. The van der Waals surface area contributed by atoms with Crippen LogP contribution in [0.1, 0.15) is 46.5 Å². The van der Waals surface area contributed by atoms with E-state index in [1.165, 1.54) is 38.8 Å². The van der Waals surface area contributed by atoms with Crippen LogP contribution in [-0.4, -0.2) is 29.9 Å². The molecule has 0 amide bonds. The fourth-order valence-corrected chi connectivity index (χ4v) is 1.72. The Bertz CT molecular complexity index is 106. The molecule has 1 nitrogen and oxygen atoms in total. The van der Waals surface area contributed by atoms with E-state index in [1.807, 2.05) is 0 Å². The Balaban J connectivity index is 3.47. The number of unbranched alkanes of at least 4 members (excludes halogenated alkanes) is 2. The summed E-state index contributed by atoms with van der Waals surface area (Å²) in [4.78, 5) is 2.55. The highest BCUT2D eigenvalue weighted by Crippen LogP contribution is 2.06. The summed E-state index contributed by atoms with van der Waals surface area (Å²) in [6, 6.07) is 0.737. The fourth-order valence-electron chi connectivity index (χ4n) is 1.53. The third-order valence-electron chi connectivity index (χ3n) is 2.70. The zero-order valence-electron chi connectivity index (χ0n) is 9.35. The SMILES string of the molecule is CCC(C)N(CC)CCCCCCl. The number of hydrogen-bond donors (Lipinski definition) is 0. The fraction of sp³-hybridized carbons (Fsp3) is 1.00. The van der Waals surface area contributed by atoms with E-state index in [-0.39, 0.29) is 0 Å². The summed E-state index contributed by atoms with van der Waals surface area (Å²) < 4.78 is 0. The lowest BCUT2D eigenvalue weighted by Gasteiger charge is -2.26. The van der Waals surface area contributed by atoms with Gasteiger partial charge in [0.1, 0.15) is 0 Å². The van der Waals surface area contributed by atoms with Crippen LogP contribution in [0.3, 0.4) is 0 Å². The van der Waals surface area contributed by atoms with Gasteiger partial charge >= 0.3 is 0 Å². The van der Waals surface area contributed by atoms with Crippen LogP contribution in [0.2, 0.25) is 0 Å². The molecule has 1 atom stereocenters. The van der Waals surface area contributed by atoms with Gasteiger partial charge in [0.15, 0.2) is 0 Å². The van der Waals surface area contributed by atoms with Gasteiger partial charge < -0.3 is 4.90 Å². The number of alkyl halides is 1. The Hall–Kier alpha value is 0.250. The zero-order chi connectivity index (χ0) is 10.1. The molecule has 0 bridgehead atoms. The van der Waals surface area contributed by atoms with Crippen molar-refractivity contribution in [3.63, 3.8) is 0 Å². The molecule has 0 aliphatic rings. The normalized spacial score (nSPS) is 13.6. The second-order valence-electron chi connectivity index (χ2n) is 3.64. The molecule has 0 aromatic heterocycles. The lowest BCUT2D eigenvalue weighted by Crippen LogP contribution is -2.33. The van der Waals surface area contributed by atoms with Crippen molar-refractivity contribution < 1.29 is 0 Å². The van der Waals surface area contributed by atoms with Gasteiger partial charge in [-0.15, -0.1) is 11.6 Å². The molecule has 1 unspecified atom stereocenters. The number of rotatable bonds is 8. The Morgan fingerprint density at radius 3 is 2.31 bits per heavy atom. The van der Waals surface area contributed by atoms with Crippen LogP contribution in [-0.2, 0) is 0 Å². The predicted octanol–water partition coefficient (Wildman–Crippen LogP) is 3.52. The molecule has 0 aromatic carbocycles. The summed E-state index contributed by atoms with van der Waals surface area (Å²) in [5.41, 5.74) is 0. The molecule has 0 spiro atoms. The molecule has 2 heteroatoms. The molecule has 0 heterocycles. The second kappa shape index (κ2) is 8.83. The smallest absolute Gasteiger partial charge is 0.0223 e. The van der Waals surface area contributed by atoms with Gasteiger partial charge in [-0.1, -0.05) is 20.3 Å². The van der Waals surface area contributed by atoms with Crippen LogP contribution in [0.4, 0.5) is 0 Å². The third-order valence-corrected chi connectivity index (χ3v) is 2.97. The maximum absolute atomic E-state index is 5.63. The molecule has 0 saturated heterocycles. The molecule has 0 N–H and O–H groups in total. The van der Waals surface area contributed by atoms with Gasteiger partial charge in [-0.3, -0.25) is 0 Å². The van der Waals surface area contributed by atoms with E-state index in [2.05, 4.69) is 25.7 Å². The molecule has 13 heavy (non-hydrogen) atoms. The zero-order valence-corrected chi connectivity index (χ0v) is 10.1. The molecule has 0 fully saturated rings. The van der Waals surface area contributed by atoms with Gasteiger partial charge in [0, 0.05) is 11.9 Å². The first-order valence-corrected chi connectivity index (χ1v) is 6.09. The van der Waals surface area contributed by atoms with Gasteiger partial charge in [0.2, 0.25) is 0 Å². The van der Waals surface area contributed by atoms with Crippen molar-refractivity contribution in [3.8, 4) is 0 Å². The lowest BCUT2D eigenvalue weighted by molar-refractivity contribution is 0.210. The number of nitrogens with zero attached hydrogens (tertiary/aromatic N) is 1. The van der Waals surface area contributed by atoms with Crippen molar-refractivity contribution in [2.24, 2.45) is 0 Å². The largest absolute Gasteiger partial charge is 0.301 e. The van der Waals surface area contributed by atoms with Crippen molar-refractivity contribution in [1.29, 1.82) is 0 Å². The van der Waals surface area contributed by atoms with Gasteiger partial charge in [-0.2, -0.15) is 0 Å². The van der Waals surface area contributed by atoms with Crippen LogP contribution in [0, 0.1) is 0 Å². The highest BCUT2D eigenvalue weighted by atomic mass is 35.5. The van der Waals surface area contributed by atoms with E-state index < -0.39 is 0 Å². The maximum atomic E-state index is 5.63. The Morgan fingerprint density at radius 1 is 1.15 bits per heavy atom. The monoisotopic (exact) mass is 205 g/mol. The molecular formula is C11H24ClN. The van der Waals surface area contributed by atoms with E-state index in [4.69, 9.17) is 11.6 Å². The van der Waals surface area contributed by atoms with E-state index >= 15 is 0 Å². The minimum Gasteiger partial charge on any atom is -0.301 e. The standard InChI is InChI=1S/C11H24ClN/c1-4-11(3)13(5-2)10-8-6-7-9-12/h11H,4-10H2,1-3H3. The molecule has 0 radical (unpaired) electrons. The minimum absolute atomic E-state index is 0.737. The Kier molecular flexibility index (Phi) is 9.00. The van der Waals surface area contributed by atoms with Crippen molar-refractivity contribution in [1.82, 2.24) is 4.90 Å². The number of halogens is 1. The van der Waals surface area contributed by atoms with Crippen molar-refractivity contribution >= 4 is 11.6 Å². The Labute approximate surface area is 88.5 Å². The molecule has 0 aliphatic carbocycles. The van der Waals surface area contributed by atoms with Crippen LogP contribution in [0.15, 0.2) is 0 Å². The topological polar surface area (TPSA) is 3.24 Å². The van der Waals surface area contributed by atoms with Crippen LogP contribution in [0.5, 0.6) is 0 Å². The van der Waals surface area contributed by atoms with E-state index in [9.17, 15) is 0 Å². The van der Waals surface area contributed by atoms with Crippen LogP contribution >= 0.6 is 11.6 Å². The summed E-state index contributed by atoms with van der Waals surface area (Å²) in [6.07, 6.45) is 4.99. The Morgan fingerprint density at radius 2 is 1.85 bits per heavy atom. The van der Waals surface area contributed by atoms with Crippen LogP contribution < -0.4 is 0 Å². The van der Waals surface area contributed by atoms with E-state index in [0.29, 0.717) is 0 Å². The lowest BCUT2D eigenvalue weighted by atomic mass is 10.2. The average Bonchev–Trinajstić information content (AvgIpc) is 2.17. The molecular weight excluding hydrogens is 182 g/mol. The maximum Gasteiger partial charge on any atom is 0.0223 e. The first-order chi connectivity index (χ1) is 6.26.